The Labute approximate surface area is 202 Å². The van der Waals surface area contributed by atoms with Crippen LogP contribution in [0.3, 0.4) is 0 Å². The Morgan fingerprint density at radius 3 is 2.73 bits per heavy atom. The molecule has 8 heteroatoms. The molecular formula is C22H34ClIN6. The second-order valence-electron chi connectivity index (χ2n) is 7.92. The quantitative estimate of drug-likeness (QED) is 0.238. The molecule has 1 aromatic carbocycles. The highest BCUT2D eigenvalue weighted by Gasteiger charge is 2.24. The zero-order valence-corrected chi connectivity index (χ0v) is 21.5. The average molecular weight is 545 g/mol. The third kappa shape index (κ3) is 6.77. The van der Waals surface area contributed by atoms with Crippen LogP contribution < -0.4 is 15.5 Å². The Morgan fingerprint density at radius 1 is 1.23 bits per heavy atom. The molecule has 0 radical (unpaired) electrons. The molecule has 30 heavy (non-hydrogen) atoms. The minimum atomic E-state index is 0. The van der Waals surface area contributed by atoms with E-state index in [9.17, 15) is 0 Å². The van der Waals surface area contributed by atoms with E-state index in [1.807, 2.05) is 20.0 Å². The number of nitrogens with one attached hydrogen (secondary N) is 2. The Balaban J connectivity index is 0.00000320. The predicted molar refractivity (Wildman–Crippen MR) is 138 cm³/mol. The lowest BCUT2D eigenvalue weighted by atomic mass is 10.1. The molecule has 1 aromatic heterocycles. The van der Waals surface area contributed by atoms with Gasteiger partial charge in [-0.1, -0.05) is 17.7 Å². The maximum atomic E-state index is 6.19. The second kappa shape index (κ2) is 11.8. The molecular weight excluding hydrogens is 511 g/mol. The number of nitrogens with zero attached hydrogens (tertiary/aromatic N) is 4. The van der Waals surface area contributed by atoms with E-state index in [4.69, 9.17) is 11.6 Å². The van der Waals surface area contributed by atoms with Crippen LogP contribution in [-0.4, -0.2) is 49.0 Å². The molecule has 166 valence electrons. The molecule has 2 heterocycles. The van der Waals surface area contributed by atoms with E-state index in [2.05, 4.69) is 62.4 Å². The van der Waals surface area contributed by atoms with Gasteiger partial charge in [0.2, 0.25) is 0 Å². The first-order chi connectivity index (χ1) is 14.0. The second-order valence-corrected chi connectivity index (χ2v) is 8.35. The minimum Gasteiger partial charge on any atom is -0.371 e. The number of hydrogen-bond acceptors (Lipinski definition) is 3. The molecule has 1 unspecified atom stereocenters. The van der Waals surface area contributed by atoms with Gasteiger partial charge in [0.25, 0.3) is 0 Å². The molecule has 2 aromatic rings. The van der Waals surface area contributed by atoms with Gasteiger partial charge in [-0.25, -0.2) is 0 Å². The zero-order valence-electron chi connectivity index (χ0n) is 18.4. The summed E-state index contributed by atoms with van der Waals surface area (Å²) in [6.07, 6.45) is 2.18. The van der Waals surface area contributed by atoms with Gasteiger partial charge < -0.3 is 15.5 Å². The van der Waals surface area contributed by atoms with Crippen LogP contribution in [0.1, 0.15) is 29.8 Å². The van der Waals surface area contributed by atoms with Gasteiger partial charge in [0.05, 0.1) is 5.69 Å². The molecule has 1 saturated heterocycles. The predicted octanol–water partition coefficient (Wildman–Crippen LogP) is 4.16. The molecule has 1 aliphatic rings. The lowest BCUT2D eigenvalue weighted by Crippen LogP contribution is -2.40. The third-order valence-electron chi connectivity index (χ3n) is 5.52. The Kier molecular flexibility index (Phi) is 9.74. The van der Waals surface area contributed by atoms with Gasteiger partial charge in [-0.05, 0) is 63.3 Å². The number of aromatic nitrogens is 2. The van der Waals surface area contributed by atoms with Crippen LogP contribution >= 0.6 is 35.6 Å². The molecule has 6 nitrogen and oxygen atoms in total. The maximum Gasteiger partial charge on any atom is 0.190 e. The molecule has 0 saturated carbocycles. The van der Waals surface area contributed by atoms with Crippen molar-refractivity contribution in [1.29, 1.82) is 0 Å². The first kappa shape index (κ1) is 24.8. The van der Waals surface area contributed by atoms with Crippen LogP contribution in [0.25, 0.3) is 0 Å². The largest absolute Gasteiger partial charge is 0.371 e. The van der Waals surface area contributed by atoms with E-state index in [1.54, 1.807) is 0 Å². The van der Waals surface area contributed by atoms with Crippen molar-refractivity contribution in [3.05, 3.63) is 46.2 Å². The van der Waals surface area contributed by atoms with Gasteiger partial charge in [-0.2, -0.15) is 5.10 Å². The van der Waals surface area contributed by atoms with Crippen LogP contribution in [0.2, 0.25) is 5.02 Å². The zero-order chi connectivity index (χ0) is 20.8. The summed E-state index contributed by atoms with van der Waals surface area (Å²) in [4.78, 5) is 6.80. The number of anilines is 1. The standard InChI is InChI=1S/C22H33ClN6.HI/c1-16-6-7-20(23)13-21(16)28-11-8-19(15-28)14-26-22(24-4)25-9-5-10-29-18(3)12-17(2)27-29;/h6-7,12-13,19H,5,8-11,14-15H2,1-4H3,(H2,24,25,26);1H. The van der Waals surface area contributed by atoms with E-state index >= 15 is 0 Å². The lowest BCUT2D eigenvalue weighted by molar-refractivity contribution is 0.545. The number of benzene rings is 1. The molecule has 0 amide bonds. The Bertz CT molecular complexity index is 850. The normalized spacial score (nSPS) is 16.5. The summed E-state index contributed by atoms with van der Waals surface area (Å²) >= 11 is 6.19. The monoisotopic (exact) mass is 544 g/mol. The first-order valence-corrected chi connectivity index (χ1v) is 10.8. The van der Waals surface area contributed by atoms with Crippen LogP contribution in [0.15, 0.2) is 29.3 Å². The van der Waals surface area contributed by atoms with Crippen molar-refractivity contribution >= 4 is 47.2 Å². The molecule has 0 bridgehead atoms. The summed E-state index contributed by atoms with van der Waals surface area (Å²) in [6, 6.07) is 8.25. The van der Waals surface area contributed by atoms with Crippen LogP contribution in [0.4, 0.5) is 5.69 Å². The Morgan fingerprint density at radius 2 is 2.03 bits per heavy atom. The highest BCUT2D eigenvalue weighted by molar-refractivity contribution is 14.0. The smallest absolute Gasteiger partial charge is 0.190 e. The molecule has 0 spiro atoms. The molecule has 1 atom stereocenters. The molecule has 0 aliphatic carbocycles. The van der Waals surface area contributed by atoms with E-state index < -0.39 is 0 Å². The van der Waals surface area contributed by atoms with Gasteiger partial charge in [-0.3, -0.25) is 9.67 Å². The summed E-state index contributed by atoms with van der Waals surface area (Å²) in [6.45, 7) is 11.1. The Hall–Kier alpha value is -1.48. The van der Waals surface area contributed by atoms with Crippen molar-refractivity contribution in [1.82, 2.24) is 20.4 Å². The van der Waals surface area contributed by atoms with Crippen LogP contribution in [-0.2, 0) is 6.54 Å². The first-order valence-electron chi connectivity index (χ1n) is 10.4. The SMILES string of the molecule is CN=C(NCCCn1nc(C)cc1C)NCC1CCN(c2cc(Cl)ccc2C)C1.I. The lowest BCUT2D eigenvalue weighted by Gasteiger charge is -2.21. The van der Waals surface area contributed by atoms with E-state index in [-0.39, 0.29) is 24.0 Å². The van der Waals surface area contributed by atoms with Crippen molar-refractivity contribution < 1.29 is 0 Å². The number of guanidine groups is 1. The summed E-state index contributed by atoms with van der Waals surface area (Å²) in [7, 11) is 1.83. The fourth-order valence-electron chi connectivity index (χ4n) is 3.94. The molecule has 1 aliphatic heterocycles. The number of rotatable bonds is 7. The van der Waals surface area contributed by atoms with Crippen molar-refractivity contribution in [2.75, 3.05) is 38.1 Å². The van der Waals surface area contributed by atoms with Gasteiger partial charge in [0.1, 0.15) is 0 Å². The van der Waals surface area contributed by atoms with Gasteiger partial charge in [0.15, 0.2) is 5.96 Å². The number of aryl methyl sites for hydroxylation is 4. The van der Waals surface area contributed by atoms with E-state index in [1.165, 1.54) is 23.4 Å². The summed E-state index contributed by atoms with van der Waals surface area (Å²) in [5, 5.41) is 12.2. The summed E-state index contributed by atoms with van der Waals surface area (Å²) in [5.41, 5.74) is 4.83. The number of halogens is 2. The van der Waals surface area contributed by atoms with Gasteiger partial charge in [-0.15, -0.1) is 24.0 Å². The van der Waals surface area contributed by atoms with Crippen LogP contribution in [0, 0.1) is 26.7 Å². The highest BCUT2D eigenvalue weighted by Crippen LogP contribution is 2.29. The van der Waals surface area contributed by atoms with Crippen LogP contribution in [0.5, 0.6) is 0 Å². The fraction of sp³-hybridized carbons (Fsp3) is 0.545. The topological polar surface area (TPSA) is 57.5 Å². The number of aliphatic imine (C=N–C) groups is 1. The van der Waals surface area contributed by atoms with E-state index in [0.717, 1.165) is 55.8 Å². The van der Waals surface area contributed by atoms with E-state index in [0.29, 0.717) is 5.92 Å². The molecule has 1 fully saturated rings. The average Bonchev–Trinajstić information content (AvgIpc) is 3.29. The van der Waals surface area contributed by atoms with Crippen molar-refractivity contribution in [2.24, 2.45) is 10.9 Å². The summed E-state index contributed by atoms with van der Waals surface area (Å²) in [5.74, 6) is 1.47. The van der Waals surface area contributed by atoms with Crippen molar-refractivity contribution in [3.63, 3.8) is 0 Å². The molecule has 3 rings (SSSR count). The maximum absolute atomic E-state index is 6.19. The summed E-state index contributed by atoms with van der Waals surface area (Å²) < 4.78 is 2.07. The third-order valence-corrected chi connectivity index (χ3v) is 5.76. The van der Waals surface area contributed by atoms with Crippen molar-refractivity contribution in [3.8, 4) is 0 Å². The minimum absolute atomic E-state index is 0. The number of hydrogen-bond donors (Lipinski definition) is 2. The molecule has 2 N–H and O–H groups in total. The fourth-order valence-corrected chi connectivity index (χ4v) is 4.11. The van der Waals surface area contributed by atoms with Crippen molar-refractivity contribution in [2.45, 2.75) is 40.2 Å². The van der Waals surface area contributed by atoms with Gasteiger partial charge in [0, 0.05) is 56.2 Å². The van der Waals surface area contributed by atoms with Gasteiger partial charge >= 0.3 is 0 Å². The highest BCUT2D eigenvalue weighted by atomic mass is 127.